The number of hydrogen-bond donors (Lipinski definition) is 2. The molecule has 4 nitrogen and oxygen atoms in total. The highest BCUT2D eigenvalue weighted by molar-refractivity contribution is 9.10. The first kappa shape index (κ1) is 14.3. The third kappa shape index (κ3) is 2.88. The molecule has 2 aromatic carbocycles. The number of benzene rings is 2. The molecular formula is C15H12BrNO3. The van der Waals surface area contributed by atoms with E-state index in [2.05, 4.69) is 21.2 Å². The van der Waals surface area contributed by atoms with Crippen LogP contribution in [-0.4, -0.2) is 17.0 Å². The van der Waals surface area contributed by atoms with Gasteiger partial charge in [-0.15, -0.1) is 0 Å². The van der Waals surface area contributed by atoms with Crippen molar-refractivity contribution in [1.82, 2.24) is 0 Å². The summed E-state index contributed by atoms with van der Waals surface area (Å²) in [5, 5.41) is 11.8. The number of aromatic carboxylic acids is 1. The third-order valence-electron chi connectivity index (χ3n) is 2.87. The van der Waals surface area contributed by atoms with Gasteiger partial charge >= 0.3 is 5.97 Å². The number of aryl methyl sites for hydroxylation is 1. The molecule has 0 heterocycles. The molecule has 0 aliphatic carbocycles. The molecule has 0 fully saturated rings. The SMILES string of the molecule is Cc1ccccc1C(=O)Nc1c(Br)cccc1C(=O)O. The van der Waals surface area contributed by atoms with Crippen LogP contribution in [0, 0.1) is 6.92 Å². The Hall–Kier alpha value is -2.14. The fraction of sp³-hybridized carbons (Fsp3) is 0.0667. The Morgan fingerprint density at radius 2 is 1.70 bits per heavy atom. The number of carbonyl (C=O) groups is 2. The fourth-order valence-electron chi connectivity index (χ4n) is 1.84. The Morgan fingerprint density at radius 3 is 2.35 bits per heavy atom. The molecule has 0 radical (unpaired) electrons. The van der Waals surface area contributed by atoms with Gasteiger partial charge in [0.25, 0.3) is 5.91 Å². The van der Waals surface area contributed by atoms with Crippen LogP contribution in [0.5, 0.6) is 0 Å². The minimum absolute atomic E-state index is 0.0429. The Balaban J connectivity index is 2.38. The van der Waals surface area contributed by atoms with Crippen LogP contribution < -0.4 is 5.32 Å². The maximum Gasteiger partial charge on any atom is 0.337 e. The van der Waals surface area contributed by atoms with E-state index in [1.807, 2.05) is 19.1 Å². The van der Waals surface area contributed by atoms with E-state index in [4.69, 9.17) is 5.11 Å². The summed E-state index contributed by atoms with van der Waals surface area (Å²) in [4.78, 5) is 23.4. The van der Waals surface area contributed by atoms with Crippen LogP contribution in [0.25, 0.3) is 0 Å². The van der Waals surface area contributed by atoms with Gasteiger partial charge in [-0.05, 0) is 46.6 Å². The number of para-hydroxylation sites is 1. The third-order valence-corrected chi connectivity index (χ3v) is 3.53. The van der Waals surface area contributed by atoms with E-state index in [1.54, 1.807) is 24.3 Å². The average molecular weight is 334 g/mol. The van der Waals surface area contributed by atoms with Crippen LogP contribution in [0.15, 0.2) is 46.9 Å². The second-order valence-electron chi connectivity index (χ2n) is 4.24. The molecule has 102 valence electrons. The summed E-state index contributed by atoms with van der Waals surface area (Å²) in [5.41, 5.74) is 1.64. The minimum atomic E-state index is -1.09. The van der Waals surface area contributed by atoms with E-state index in [0.29, 0.717) is 10.0 Å². The monoisotopic (exact) mass is 333 g/mol. The number of carboxylic acids is 1. The zero-order chi connectivity index (χ0) is 14.7. The molecule has 1 amide bonds. The van der Waals surface area contributed by atoms with Crippen molar-refractivity contribution in [1.29, 1.82) is 0 Å². The predicted octanol–water partition coefficient (Wildman–Crippen LogP) is 3.71. The zero-order valence-electron chi connectivity index (χ0n) is 10.7. The second kappa shape index (κ2) is 5.88. The highest BCUT2D eigenvalue weighted by Crippen LogP contribution is 2.27. The molecule has 0 unspecified atom stereocenters. The molecule has 2 N–H and O–H groups in total. The van der Waals surface area contributed by atoms with E-state index in [0.717, 1.165) is 5.56 Å². The summed E-state index contributed by atoms with van der Waals surface area (Å²) in [5.74, 6) is -1.43. The topological polar surface area (TPSA) is 66.4 Å². The van der Waals surface area contributed by atoms with Crippen molar-refractivity contribution in [3.05, 3.63) is 63.6 Å². The first-order valence-electron chi connectivity index (χ1n) is 5.89. The Labute approximate surface area is 124 Å². The van der Waals surface area contributed by atoms with Crippen molar-refractivity contribution >= 4 is 33.5 Å². The molecule has 0 aromatic heterocycles. The van der Waals surface area contributed by atoms with Crippen molar-refractivity contribution < 1.29 is 14.7 Å². The summed E-state index contributed by atoms with van der Waals surface area (Å²) in [6, 6.07) is 11.9. The number of anilines is 1. The maximum absolute atomic E-state index is 12.2. The van der Waals surface area contributed by atoms with Crippen molar-refractivity contribution in [2.75, 3.05) is 5.32 Å². The van der Waals surface area contributed by atoms with Gasteiger partial charge in [-0.3, -0.25) is 4.79 Å². The van der Waals surface area contributed by atoms with Gasteiger partial charge in [-0.1, -0.05) is 24.3 Å². The van der Waals surface area contributed by atoms with Gasteiger partial charge in [0.1, 0.15) is 0 Å². The van der Waals surface area contributed by atoms with E-state index in [9.17, 15) is 9.59 Å². The smallest absolute Gasteiger partial charge is 0.337 e. The van der Waals surface area contributed by atoms with Gasteiger partial charge in [0.15, 0.2) is 0 Å². The second-order valence-corrected chi connectivity index (χ2v) is 5.09. The Bertz CT molecular complexity index is 683. The maximum atomic E-state index is 12.2. The highest BCUT2D eigenvalue weighted by atomic mass is 79.9. The lowest BCUT2D eigenvalue weighted by atomic mass is 10.1. The lowest BCUT2D eigenvalue weighted by Crippen LogP contribution is -2.16. The number of nitrogens with one attached hydrogen (secondary N) is 1. The number of rotatable bonds is 3. The molecule has 0 aliphatic heterocycles. The Morgan fingerprint density at radius 1 is 1.05 bits per heavy atom. The molecule has 0 spiro atoms. The average Bonchev–Trinajstić information content (AvgIpc) is 2.41. The van der Waals surface area contributed by atoms with Crippen LogP contribution in [0.4, 0.5) is 5.69 Å². The quantitative estimate of drug-likeness (QED) is 0.899. The van der Waals surface area contributed by atoms with Gasteiger partial charge < -0.3 is 10.4 Å². The van der Waals surface area contributed by atoms with Crippen LogP contribution in [0.1, 0.15) is 26.3 Å². The molecule has 0 atom stereocenters. The summed E-state index contributed by atoms with van der Waals surface area (Å²) in [6.07, 6.45) is 0. The highest BCUT2D eigenvalue weighted by Gasteiger charge is 2.16. The summed E-state index contributed by atoms with van der Waals surface area (Å²) < 4.78 is 0.527. The molecule has 5 heteroatoms. The van der Waals surface area contributed by atoms with Crippen LogP contribution in [-0.2, 0) is 0 Å². The molecule has 0 saturated carbocycles. The first-order valence-corrected chi connectivity index (χ1v) is 6.69. The summed E-state index contributed by atoms with van der Waals surface area (Å²) in [6.45, 7) is 1.83. The first-order chi connectivity index (χ1) is 9.50. The van der Waals surface area contributed by atoms with Gasteiger partial charge in [-0.25, -0.2) is 4.79 Å². The van der Waals surface area contributed by atoms with Crippen LogP contribution in [0.3, 0.4) is 0 Å². The van der Waals surface area contributed by atoms with Gasteiger partial charge in [-0.2, -0.15) is 0 Å². The minimum Gasteiger partial charge on any atom is -0.478 e. The Kier molecular flexibility index (Phi) is 4.20. The fourth-order valence-corrected chi connectivity index (χ4v) is 2.30. The van der Waals surface area contributed by atoms with Crippen molar-refractivity contribution in [2.24, 2.45) is 0 Å². The number of amides is 1. The zero-order valence-corrected chi connectivity index (χ0v) is 12.3. The molecule has 0 aliphatic rings. The number of carbonyl (C=O) groups excluding carboxylic acids is 1. The molecular weight excluding hydrogens is 322 g/mol. The lowest BCUT2D eigenvalue weighted by molar-refractivity contribution is 0.0698. The van der Waals surface area contributed by atoms with Crippen LogP contribution in [0.2, 0.25) is 0 Å². The van der Waals surface area contributed by atoms with Gasteiger partial charge in [0.05, 0.1) is 11.3 Å². The molecule has 2 aromatic rings. The van der Waals surface area contributed by atoms with E-state index in [1.165, 1.54) is 6.07 Å². The normalized spacial score (nSPS) is 10.1. The van der Waals surface area contributed by atoms with Crippen molar-refractivity contribution in [3.63, 3.8) is 0 Å². The molecule has 0 bridgehead atoms. The van der Waals surface area contributed by atoms with Crippen LogP contribution >= 0.6 is 15.9 Å². The van der Waals surface area contributed by atoms with Gasteiger partial charge in [0, 0.05) is 10.0 Å². The lowest BCUT2D eigenvalue weighted by Gasteiger charge is -2.11. The number of halogens is 1. The summed E-state index contributed by atoms with van der Waals surface area (Å²) >= 11 is 3.26. The van der Waals surface area contributed by atoms with E-state index in [-0.39, 0.29) is 17.2 Å². The summed E-state index contributed by atoms with van der Waals surface area (Å²) in [7, 11) is 0. The largest absolute Gasteiger partial charge is 0.478 e. The molecule has 2 rings (SSSR count). The number of hydrogen-bond acceptors (Lipinski definition) is 2. The predicted molar refractivity (Wildman–Crippen MR) is 80.2 cm³/mol. The number of carboxylic acid groups (broad SMARTS) is 1. The van der Waals surface area contributed by atoms with E-state index < -0.39 is 5.97 Å². The molecule has 0 saturated heterocycles. The molecule has 20 heavy (non-hydrogen) atoms. The van der Waals surface area contributed by atoms with E-state index >= 15 is 0 Å². The van der Waals surface area contributed by atoms with Crippen molar-refractivity contribution in [2.45, 2.75) is 6.92 Å². The standard InChI is InChI=1S/C15H12BrNO3/c1-9-5-2-3-6-10(9)14(18)17-13-11(15(19)20)7-4-8-12(13)16/h2-8H,1H3,(H,17,18)(H,19,20). The van der Waals surface area contributed by atoms with Crippen molar-refractivity contribution in [3.8, 4) is 0 Å². The van der Waals surface area contributed by atoms with Gasteiger partial charge in [0.2, 0.25) is 0 Å².